The lowest BCUT2D eigenvalue weighted by Gasteiger charge is -2.30. The molecule has 34 heavy (non-hydrogen) atoms. The van der Waals surface area contributed by atoms with Crippen LogP contribution in [0.4, 0.5) is 4.39 Å². The first kappa shape index (κ1) is 19.7. The number of hydrogen-bond acceptors (Lipinski definition) is 8. The molecule has 3 heterocycles. The molecule has 0 spiro atoms. The van der Waals surface area contributed by atoms with E-state index in [1.165, 1.54) is 21.3 Å². The predicted molar refractivity (Wildman–Crippen MR) is 121 cm³/mol. The maximum atomic E-state index is 14.9. The van der Waals surface area contributed by atoms with Crippen LogP contribution in [0, 0.1) is 5.82 Å². The number of halogens is 1. The van der Waals surface area contributed by atoms with Crippen LogP contribution < -0.4 is 18.9 Å². The number of nitrogens with zero attached hydrogens (tertiary/aromatic N) is 3. The summed E-state index contributed by atoms with van der Waals surface area (Å²) in [6, 6.07) is 2.91. The smallest absolute Gasteiger partial charge is 0.203 e. The number of ether oxygens (including phenoxy) is 4. The average molecular weight is 471 g/mol. The summed E-state index contributed by atoms with van der Waals surface area (Å²) in [6.45, 7) is 3.19. The number of pyridine rings is 1. The molecule has 178 valence electrons. The fourth-order valence-electron chi connectivity index (χ4n) is 3.59. The monoisotopic (exact) mass is 470 g/mol. The largest absolute Gasteiger partial charge is 0.493 e. The molecule has 1 aromatic carbocycles. The average Bonchev–Trinajstić information content (AvgIpc) is 2.86. The number of rotatable bonds is 7. The fourth-order valence-corrected chi connectivity index (χ4v) is 3.59. The minimum atomic E-state index is -1.13. The Morgan fingerprint density at radius 3 is 2.44 bits per heavy atom. The van der Waals surface area contributed by atoms with Crippen molar-refractivity contribution in [1.29, 1.82) is 0 Å². The second kappa shape index (κ2) is 9.24. The molecular weight excluding hydrogens is 441 g/mol. The number of Topliss-reactive ketones (excluding diaryl/α,β-unsaturated/α-hetero) is 1. The van der Waals surface area contributed by atoms with Crippen LogP contribution in [-0.2, 0) is 24.1 Å². The Morgan fingerprint density at radius 1 is 1.09 bits per heavy atom. The van der Waals surface area contributed by atoms with Crippen LogP contribution in [0.5, 0.6) is 23.0 Å². The summed E-state index contributed by atoms with van der Waals surface area (Å²) in [5.41, 5.74) is -0.328. The molecule has 0 fully saturated rings. The summed E-state index contributed by atoms with van der Waals surface area (Å²) in [5.74, 6) is 0.319. The molecule has 0 radical (unpaired) electrons. The molecule has 9 heteroatoms. The Labute approximate surface area is 201 Å². The van der Waals surface area contributed by atoms with Gasteiger partial charge in [-0.2, -0.15) is 0 Å². The molecule has 0 N–H and O–H groups in total. The number of ketones is 1. The van der Waals surface area contributed by atoms with E-state index < -0.39 is 17.6 Å². The first-order valence-corrected chi connectivity index (χ1v) is 10.5. The SMILES string of the molecule is [2H]c1nc(Cc2cc(OC)c(OC)c(OC)c2)nc(Cc2nc3c(c([2H])c2[2H])OC(C)(C)C(=O)C3)c1F. The number of carbonyl (C=O) groups is 1. The quantitative estimate of drug-likeness (QED) is 0.518. The molecule has 0 saturated heterocycles. The number of benzene rings is 1. The van der Waals surface area contributed by atoms with Crippen LogP contribution in [0.15, 0.2) is 30.4 Å². The van der Waals surface area contributed by atoms with Gasteiger partial charge in [0.1, 0.15) is 11.6 Å². The number of aromatic nitrogens is 3. The second-order valence-electron chi connectivity index (χ2n) is 8.20. The Kier molecular flexibility index (Phi) is 5.36. The minimum Gasteiger partial charge on any atom is -0.493 e. The highest BCUT2D eigenvalue weighted by molar-refractivity contribution is 5.90. The molecular formula is C25H26FN3O5. The van der Waals surface area contributed by atoms with E-state index in [1.54, 1.807) is 26.0 Å². The molecule has 1 aliphatic heterocycles. The van der Waals surface area contributed by atoms with Gasteiger partial charge in [-0.1, -0.05) is 0 Å². The lowest BCUT2D eigenvalue weighted by atomic mass is 9.95. The lowest BCUT2D eigenvalue weighted by molar-refractivity contribution is -0.132. The normalized spacial score (nSPS) is 15.5. The van der Waals surface area contributed by atoms with Gasteiger partial charge in [0.25, 0.3) is 0 Å². The first-order chi connectivity index (χ1) is 17.5. The van der Waals surface area contributed by atoms with Crippen LogP contribution in [0.2, 0.25) is 0 Å². The van der Waals surface area contributed by atoms with Gasteiger partial charge in [-0.3, -0.25) is 9.78 Å². The Bertz CT molecular complexity index is 1380. The van der Waals surface area contributed by atoms with Crippen LogP contribution in [0.1, 0.15) is 46.4 Å². The van der Waals surface area contributed by atoms with Gasteiger partial charge in [0.2, 0.25) is 5.75 Å². The summed E-state index contributed by atoms with van der Waals surface area (Å²) in [7, 11) is 4.46. The maximum Gasteiger partial charge on any atom is 0.203 e. The second-order valence-corrected chi connectivity index (χ2v) is 8.20. The molecule has 2 aromatic heterocycles. The maximum absolute atomic E-state index is 14.9. The summed E-state index contributed by atoms with van der Waals surface area (Å²) >= 11 is 0. The predicted octanol–water partition coefficient (Wildman–Crippen LogP) is 3.50. The van der Waals surface area contributed by atoms with Gasteiger partial charge in [-0.25, -0.2) is 14.4 Å². The van der Waals surface area contributed by atoms with Crippen molar-refractivity contribution in [1.82, 2.24) is 15.0 Å². The molecule has 0 unspecified atom stereocenters. The van der Waals surface area contributed by atoms with E-state index in [0.717, 1.165) is 0 Å². The van der Waals surface area contributed by atoms with E-state index in [2.05, 4.69) is 15.0 Å². The van der Waals surface area contributed by atoms with Gasteiger partial charge < -0.3 is 18.9 Å². The van der Waals surface area contributed by atoms with Crippen molar-refractivity contribution in [3.05, 3.63) is 64.7 Å². The van der Waals surface area contributed by atoms with Gasteiger partial charge in [0.15, 0.2) is 28.7 Å². The van der Waals surface area contributed by atoms with Crippen LogP contribution in [0.3, 0.4) is 0 Å². The molecule has 0 atom stereocenters. The Balaban J connectivity index is 1.70. The fraction of sp³-hybridized carbons (Fsp3) is 0.360. The van der Waals surface area contributed by atoms with E-state index in [1.807, 2.05) is 0 Å². The summed E-state index contributed by atoms with van der Waals surface area (Å²) in [6.07, 6.45) is -0.812. The van der Waals surface area contributed by atoms with Crippen molar-refractivity contribution >= 4 is 5.78 Å². The highest BCUT2D eigenvalue weighted by Crippen LogP contribution is 2.38. The highest BCUT2D eigenvalue weighted by Gasteiger charge is 2.36. The van der Waals surface area contributed by atoms with E-state index in [-0.39, 0.29) is 65.8 Å². The van der Waals surface area contributed by atoms with E-state index >= 15 is 0 Å². The molecule has 0 aliphatic carbocycles. The van der Waals surface area contributed by atoms with Gasteiger partial charge >= 0.3 is 0 Å². The van der Waals surface area contributed by atoms with Crippen molar-refractivity contribution in [2.75, 3.05) is 21.3 Å². The molecule has 3 aromatic rings. The van der Waals surface area contributed by atoms with Crippen LogP contribution in [-0.4, -0.2) is 47.7 Å². The molecule has 0 saturated carbocycles. The third-order valence-corrected chi connectivity index (χ3v) is 5.43. The van der Waals surface area contributed by atoms with Crippen molar-refractivity contribution in [3.8, 4) is 23.0 Å². The Hall–Kier alpha value is -3.75. The Morgan fingerprint density at radius 2 is 1.79 bits per heavy atom. The highest BCUT2D eigenvalue weighted by atomic mass is 19.1. The van der Waals surface area contributed by atoms with Crippen molar-refractivity contribution < 1.29 is 32.2 Å². The topological polar surface area (TPSA) is 92.7 Å². The van der Waals surface area contributed by atoms with Crippen molar-refractivity contribution in [3.63, 3.8) is 0 Å². The summed E-state index contributed by atoms with van der Waals surface area (Å²) in [5, 5.41) is 0. The number of fused-ring (bicyclic) bond motifs is 1. The number of hydrogen-bond donors (Lipinski definition) is 0. The zero-order chi connectivity index (χ0) is 27.1. The molecule has 8 nitrogen and oxygen atoms in total. The zero-order valence-electron chi connectivity index (χ0n) is 22.5. The molecule has 4 rings (SSSR count). The van der Waals surface area contributed by atoms with Crippen LogP contribution in [0.25, 0.3) is 0 Å². The third kappa shape index (κ3) is 4.64. The van der Waals surface area contributed by atoms with Gasteiger partial charge in [0, 0.05) is 18.5 Å². The van der Waals surface area contributed by atoms with E-state index in [0.29, 0.717) is 22.8 Å². The third-order valence-electron chi connectivity index (χ3n) is 5.43. The molecule has 1 aliphatic rings. The van der Waals surface area contributed by atoms with Gasteiger partial charge in [0.05, 0.1) is 49.4 Å². The minimum absolute atomic E-state index is 0.0515. The number of methoxy groups -OCH3 is 3. The summed E-state index contributed by atoms with van der Waals surface area (Å²) < 4.78 is 61.4. The van der Waals surface area contributed by atoms with Gasteiger partial charge in [-0.15, -0.1) is 0 Å². The summed E-state index contributed by atoms with van der Waals surface area (Å²) in [4.78, 5) is 25.0. The van der Waals surface area contributed by atoms with E-state index in [4.69, 9.17) is 23.1 Å². The first-order valence-electron chi connectivity index (χ1n) is 12.0. The van der Waals surface area contributed by atoms with Crippen molar-refractivity contribution in [2.24, 2.45) is 0 Å². The molecule has 0 amide bonds. The zero-order valence-corrected chi connectivity index (χ0v) is 19.5. The van der Waals surface area contributed by atoms with Gasteiger partial charge in [-0.05, 0) is 43.6 Å². The lowest BCUT2D eigenvalue weighted by Crippen LogP contribution is -2.43. The number of carbonyl (C=O) groups excluding carboxylic acids is 1. The van der Waals surface area contributed by atoms with Crippen molar-refractivity contribution in [2.45, 2.75) is 38.7 Å². The molecule has 0 bridgehead atoms. The standard InChI is InChI=1S/C25H26FN3O5/c1-25(2)22(30)12-18-19(34-25)7-6-15(28-18)11-17-16(26)13-27-23(29-17)10-14-8-20(31-3)24(33-5)21(9-14)32-4/h6-9,13H,10-12H2,1-5H3/i6D,7D,13D. The van der Waals surface area contributed by atoms with Crippen LogP contribution >= 0.6 is 0 Å². The van der Waals surface area contributed by atoms with E-state index in [9.17, 15) is 9.18 Å².